The third kappa shape index (κ3) is 4.86. The molecule has 2 N–H and O–H groups in total. The first kappa shape index (κ1) is 25.5. The van der Waals surface area contributed by atoms with Crippen molar-refractivity contribution < 1.29 is 4.92 Å². The molecule has 0 radical (unpaired) electrons. The monoisotopic (exact) mass is 524 g/mol. The average molecular weight is 525 g/mol. The molecule has 0 bridgehead atoms. The molecule has 4 aromatic rings. The number of benzene rings is 2. The molecular formula is C24H28N8O2S2. The number of nitro groups is 1. The van der Waals surface area contributed by atoms with Crippen LogP contribution in [0.5, 0.6) is 0 Å². The number of anilines is 3. The van der Waals surface area contributed by atoms with E-state index in [-0.39, 0.29) is 10.6 Å². The number of nitro benzene ring substituents is 1. The van der Waals surface area contributed by atoms with Crippen LogP contribution in [0.2, 0.25) is 0 Å². The van der Waals surface area contributed by atoms with E-state index in [0.717, 1.165) is 41.3 Å². The number of non-ortho nitro benzene ring substituents is 1. The molecule has 36 heavy (non-hydrogen) atoms. The van der Waals surface area contributed by atoms with Gasteiger partial charge >= 0.3 is 0 Å². The number of nitrogens with two attached hydrogens (primary N) is 1. The predicted molar refractivity (Wildman–Crippen MR) is 150 cm³/mol. The first-order chi connectivity index (χ1) is 17.4. The summed E-state index contributed by atoms with van der Waals surface area (Å²) >= 11 is 2.93. The summed E-state index contributed by atoms with van der Waals surface area (Å²) in [6.07, 6.45) is 0. The largest absolute Gasteiger partial charge is 0.382 e. The lowest BCUT2D eigenvalue weighted by atomic mass is 10.1. The molecule has 188 valence electrons. The summed E-state index contributed by atoms with van der Waals surface area (Å²) in [6, 6.07) is 10.2. The van der Waals surface area contributed by atoms with Crippen molar-refractivity contribution in [2.24, 2.45) is 10.2 Å². The second kappa shape index (κ2) is 11.0. The Morgan fingerprint density at radius 1 is 0.889 bits per heavy atom. The zero-order chi connectivity index (χ0) is 25.8. The van der Waals surface area contributed by atoms with Crippen LogP contribution in [0.25, 0.3) is 21.3 Å². The average Bonchev–Trinajstić information content (AvgIpc) is 3.47. The van der Waals surface area contributed by atoms with Crippen LogP contribution in [0.15, 0.2) is 46.6 Å². The molecule has 0 aliphatic rings. The van der Waals surface area contributed by atoms with Crippen LogP contribution in [0, 0.1) is 10.1 Å². The summed E-state index contributed by atoms with van der Waals surface area (Å²) < 4.78 is 0. The second-order valence-corrected chi connectivity index (χ2v) is 9.75. The molecule has 0 aliphatic heterocycles. The minimum atomic E-state index is -0.388. The van der Waals surface area contributed by atoms with Crippen LogP contribution in [-0.4, -0.2) is 41.1 Å². The summed E-state index contributed by atoms with van der Waals surface area (Å²) in [4.78, 5) is 25.6. The molecule has 0 spiro atoms. The normalized spacial score (nSPS) is 11.4. The molecule has 0 saturated carbocycles. The Balaban J connectivity index is 1.82. The molecule has 10 nitrogen and oxygen atoms in total. The fraction of sp³-hybridized carbons (Fsp3) is 0.333. The summed E-state index contributed by atoms with van der Waals surface area (Å²) in [5.41, 5.74) is 7.58. The maximum Gasteiger partial charge on any atom is 0.277 e. The summed E-state index contributed by atoms with van der Waals surface area (Å²) in [7, 11) is 0. The SMILES string of the molecule is CCN(CC)c1nc(-c2sc(N(CC)CC)nc2N)c(N=Nc2ccc([N+](=O)[O-])c3ccccc23)s1. The standard InChI is InChI=1S/C24H28N8O2S2/c1-5-30(6-2)23-26-19(20-21(25)27-24(35-20)31(7-3)8-4)22(36-23)29-28-17-13-14-18(32(33)34)16-12-10-9-11-15(16)17/h9-14H,5-8,25H2,1-4H3. The minimum absolute atomic E-state index is 0.0354. The number of nitrogens with zero attached hydrogens (tertiary/aromatic N) is 7. The van der Waals surface area contributed by atoms with Gasteiger partial charge in [-0.1, -0.05) is 40.9 Å². The minimum Gasteiger partial charge on any atom is -0.382 e. The Morgan fingerprint density at radius 2 is 1.50 bits per heavy atom. The van der Waals surface area contributed by atoms with Gasteiger partial charge in [0.05, 0.1) is 16.0 Å². The van der Waals surface area contributed by atoms with Gasteiger partial charge in [-0.3, -0.25) is 10.1 Å². The van der Waals surface area contributed by atoms with Crippen molar-refractivity contribution in [3.05, 3.63) is 46.5 Å². The fourth-order valence-electron chi connectivity index (χ4n) is 3.88. The number of thiazole rings is 2. The van der Waals surface area contributed by atoms with Crippen molar-refractivity contribution in [1.82, 2.24) is 9.97 Å². The van der Waals surface area contributed by atoms with Crippen LogP contribution < -0.4 is 15.5 Å². The Hall–Kier alpha value is -3.64. The second-order valence-electron chi connectivity index (χ2n) is 7.81. The lowest BCUT2D eigenvalue weighted by Gasteiger charge is -2.16. The molecule has 0 amide bonds. The Morgan fingerprint density at radius 3 is 2.11 bits per heavy atom. The van der Waals surface area contributed by atoms with Crippen molar-refractivity contribution in [2.75, 3.05) is 41.7 Å². The lowest BCUT2D eigenvalue weighted by Crippen LogP contribution is -2.21. The molecule has 2 aromatic heterocycles. The highest BCUT2D eigenvalue weighted by atomic mass is 32.1. The Bertz CT molecular complexity index is 1410. The quantitative estimate of drug-likeness (QED) is 0.134. The number of fused-ring (bicyclic) bond motifs is 1. The van der Waals surface area contributed by atoms with E-state index in [1.807, 2.05) is 12.1 Å². The maximum absolute atomic E-state index is 11.5. The number of rotatable bonds is 10. The third-order valence-electron chi connectivity index (χ3n) is 5.85. The summed E-state index contributed by atoms with van der Waals surface area (Å²) in [5.74, 6) is 0.413. The van der Waals surface area contributed by atoms with Gasteiger partial charge in [-0.25, -0.2) is 9.97 Å². The predicted octanol–water partition coefficient (Wildman–Crippen LogP) is 7.02. The van der Waals surface area contributed by atoms with Gasteiger partial charge in [-0.15, -0.1) is 10.2 Å². The van der Waals surface area contributed by atoms with Crippen LogP contribution in [-0.2, 0) is 0 Å². The number of azo groups is 1. The zero-order valence-electron chi connectivity index (χ0n) is 20.6. The highest BCUT2D eigenvalue weighted by molar-refractivity contribution is 7.22. The van der Waals surface area contributed by atoms with Gasteiger partial charge in [0.25, 0.3) is 5.69 Å². The van der Waals surface area contributed by atoms with Gasteiger partial charge in [0, 0.05) is 37.6 Å². The number of hydrogen-bond donors (Lipinski definition) is 1. The first-order valence-corrected chi connectivity index (χ1v) is 13.4. The number of nitrogen functional groups attached to an aromatic ring is 1. The number of aromatic nitrogens is 2. The van der Waals surface area contributed by atoms with Gasteiger partial charge in [-0.05, 0) is 39.8 Å². The van der Waals surface area contributed by atoms with Gasteiger partial charge in [0.2, 0.25) is 0 Å². The molecule has 2 heterocycles. The summed E-state index contributed by atoms with van der Waals surface area (Å²) in [6.45, 7) is 11.6. The lowest BCUT2D eigenvalue weighted by molar-refractivity contribution is -0.383. The van der Waals surface area contributed by atoms with Crippen molar-refractivity contribution in [1.29, 1.82) is 0 Å². The van der Waals surface area contributed by atoms with Gasteiger partial charge in [0.1, 0.15) is 16.4 Å². The highest BCUT2D eigenvalue weighted by Crippen LogP contribution is 2.46. The van der Waals surface area contributed by atoms with Gasteiger partial charge in [0.15, 0.2) is 15.3 Å². The van der Waals surface area contributed by atoms with E-state index in [1.165, 1.54) is 28.7 Å². The van der Waals surface area contributed by atoms with E-state index < -0.39 is 0 Å². The van der Waals surface area contributed by atoms with Crippen molar-refractivity contribution in [2.45, 2.75) is 27.7 Å². The molecule has 4 rings (SSSR count). The zero-order valence-corrected chi connectivity index (χ0v) is 22.3. The van der Waals surface area contributed by atoms with Crippen LogP contribution >= 0.6 is 22.7 Å². The van der Waals surface area contributed by atoms with E-state index in [0.29, 0.717) is 33.0 Å². The smallest absolute Gasteiger partial charge is 0.277 e. The van der Waals surface area contributed by atoms with Crippen molar-refractivity contribution >= 4 is 65.9 Å². The van der Waals surface area contributed by atoms with E-state index in [4.69, 9.17) is 10.7 Å². The molecule has 0 saturated heterocycles. The first-order valence-electron chi connectivity index (χ1n) is 11.8. The fourth-order valence-corrected chi connectivity index (χ4v) is 6.07. The van der Waals surface area contributed by atoms with E-state index >= 15 is 0 Å². The molecule has 0 aliphatic carbocycles. The maximum atomic E-state index is 11.5. The summed E-state index contributed by atoms with van der Waals surface area (Å²) in [5, 5.41) is 24.0. The highest BCUT2D eigenvalue weighted by Gasteiger charge is 2.23. The molecule has 0 fully saturated rings. The van der Waals surface area contributed by atoms with Gasteiger partial charge in [-0.2, -0.15) is 0 Å². The topological polar surface area (TPSA) is 126 Å². The van der Waals surface area contributed by atoms with Crippen LogP contribution in [0.1, 0.15) is 27.7 Å². The van der Waals surface area contributed by atoms with E-state index in [9.17, 15) is 10.1 Å². The van der Waals surface area contributed by atoms with Crippen molar-refractivity contribution in [3.8, 4) is 10.6 Å². The van der Waals surface area contributed by atoms with E-state index in [2.05, 4.69) is 52.7 Å². The van der Waals surface area contributed by atoms with Crippen molar-refractivity contribution in [3.63, 3.8) is 0 Å². The number of hydrogen-bond acceptors (Lipinski definition) is 11. The third-order valence-corrected chi connectivity index (χ3v) is 7.99. The van der Waals surface area contributed by atoms with Gasteiger partial charge < -0.3 is 15.5 Å². The molecule has 0 atom stereocenters. The molecular weight excluding hydrogens is 496 g/mol. The molecule has 12 heteroatoms. The Labute approximate surface area is 217 Å². The van der Waals surface area contributed by atoms with Crippen LogP contribution in [0.3, 0.4) is 0 Å². The van der Waals surface area contributed by atoms with E-state index in [1.54, 1.807) is 18.2 Å². The molecule has 2 aromatic carbocycles. The Kier molecular flexibility index (Phi) is 7.75. The molecule has 0 unspecified atom stereocenters. The van der Waals surface area contributed by atoms with Crippen LogP contribution in [0.4, 0.5) is 32.5 Å².